The number of hydrogen-bond acceptors (Lipinski definition) is 2. The third-order valence-corrected chi connectivity index (χ3v) is 4.56. The molecule has 1 amide bonds. The van der Waals surface area contributed by atoms with E-state index in [9.17, 15) is 9.59 Å². The molecular weight excluding hydrogens is 242 g/mol. The van der Waals surface area contributed by atoms with E-state index in [-0.39, 0.29) is 11.3 Å². The molecule has 1 rings (SSSR count). The SMILES string of the molecule is CC(C(=O)O)C(C)C(=O)N1CCC(C(C)(C)C)CC1. The second-order valence-corrected chi connectivity index (χ2v) is 6.88. The first-order chi connectivity index (χ1) is 8.64. The smallest absolute Gasteiger partial charge is 0.307 e. The minimum Gasteiger partial charge on any atom is -0.481 e. The van der Waals surface area contributed by atoms with E-state index >= 15 is 0 Å². The molecule has 2 unspecified atom stereocenters. The molecule has 1 aliphatic heterocycles. The lowest BCUT2D eigenvalue weighted by Crippen LogP contribution is -2.45. The van der Waals surface area contributed by atoms with Gasteiger partial charge in [-0.25, -0.2) is 0 Å². The Hall–Kier alpha value is -1.06. The number of carbonyl (C=O) groups excluding carboxylic acids is 1. The Morgan fingerprint density at radius 2 is 1.58 bits per heavy atom. The van der Waals surface area contributed by atoms with Gasteiger partial charge in [0.15, 0.2) is 0 Å². The van der Waals surface area contributed by atoms with Gasteiger partial charge in [0.25, 0.3) is 0 Å². The molecule has 1 saturated heterocycles. The molecule has 0 aliphatic carbocycles. The number of carboxylic acid groups (broad SMARTS) is 1. The van der Waals surface area contributed by atoms with E-state index in [1.54, 1.807) is 13.8 Å². The lowest BCUT2D eigenvalue weighted by molar-refractivity contribution is -0.149. The highest BCUT2D eigenvalue weighted by molar-refractivity contribution is 5.84. The molecule has 2 atom stereocenters. The van der Waals surface area contributed by atoms with Gasteiger partial charge < -0.3 is 10.0 Å². The number of nitrogens with zero attached hydrogens (tertiary/aromatic N) is 1. The highest BCUT2D eigenvalue weighted by Gasteiger charge is 2.34. The molecule has 110 valence electrons. The van der Waals surface area contributed by atoms with Gasteiger partial charge in [0.2, 0.25) is 5.91 Å². The average Bonchev–Trinajstić information content (AvgIpc) is 2.35. The summed E-state index contributed by atoms with van der Waals surface area (Å²) in [4.78, 5) is 25.0. The molecule has 0 bridgehead atoms. The topological polar surface area (TPSA) is 57.6 Å². The van der Waals surface area contributed by atoms with Crippen molar-refractivity contribution in [2.75, 3.05) is 13.1 Å². The molecule has 0 radical (unpaired) electrons. The van der Waals surface area contributed by atoms with Gasteiger partial charge in [-0.2, -0.15) is 0 Å². The van der Waals surface area contributed by atoms with Gasteiger partial charge in [-0.15, -0.1) is 0 Å². The summed E-state index contributed by atoms with van der Waals surface area (Å²) >= 11 is 0. The Morgan fingerprint density at radius 1 is 1.11 bits per heavy atom. The summed E-state index contributed by atoms with van der Waals surface area (Å²) in [5, 5.41) is 8.98. The molecule has 4 heteroatoms. The Balaban J connectivity index is 2.56. The second-order valence-electron chi connectivity index (χ2n) is 6.88. The predicted molar refractivity (Wildman–Crippen MR) is 74.7 cm³/mol. The number of rotatable bonds is 3. The highest BCUT2D eigenvalue weighted by atomic mass is 16.4. The van der Waals surface area contributed by atoms with Crippen LogP contribution in [0.2, 0.25) is 0 Å². The summed E-state index contributed by atoms with van der Waals surface area (Å²) in [6.07, 6.45) is 2.03. The minimum absolute atomic E-state index is 0.0118. The summed E-state index contributed by atoms with van der Waals surface area (Å²) in [6, 6.07) is 0. The standard InChI is InChI=1S/C15H27NO3/c1-10(11(2)14(18)19)13(17)16-8-6-12(7-9-16)15(3,4)5/h10-12H,6-9H2,1-5H3,(H,18,19). The molecule has 0 saturated carbocycles. The molecule has 1 aliphatic rings. The van der Waals surface area contributed by atoms with Crippen molar-refractivity contribution >= 4 is 11.9 Å². The van der Waals surface area contributed by atoms with Crippen LogP contribution in [-0.4, -0.2) is 35.0 Å². The van der Waals surface area contributed by atoms with Crippen LogP contribution < -0.4 is 0 Å². The number of piperidine rings is 1. The van der Waals surface area contributed by atoms with Crippen LogP contribution in [0.1, 0.15) is 47.5 Å². The summed E-state index contributed by atoms with van der Waals surface area (Å²) in [5.74, 6) is -1.33. The largest absolute Gasteiger partial charge is 0.481 e. The van der Waals surface area contributed by atoms with E-state index in [4.69, 9.17) is 5.11 Å². The summed E-state index contributed by atoms with van der Waals surface area (Å²) < 4.78 is 0. The summed E-state index contributed by atoms with van der Waals surface area (Å²) in [5.41, 5.74) is 0.287. The van der Waals surface area contributed by atoms with Gasteiger partial charge in [0.1, 0.15) is 0 Å². The van der Waals surface area contributed by atoms with E-state index in [2.05, 4.69) is 20.8 Å². The fourth-order valence-corrected chi connectivity index (χ4v) is 2.68. The summed E-state index contributed by atoms with van der Waals surface area (Å²) in [6.45, 7) is 11.6. The third kappa shape index (κ3) is 3.95. The first-order valence-corrected chi connectivity index (χ1v) is 7.16. The molecule has 1 fully saturated rings. The van der Waals surface area contributed by atoms with Gasteiger partial charge in [-0.3, -0.25) is 9.59 Å². The van der Waals surface area contributed by atoms with Crippen molar-refractivity contribution < 1.29 is 14.7 Å². The van der Waals surface area contributed by atoms with E-state index < -0.39 is 17.8 Å². The van der Waals surface area contributed by atoms with E-state index in [0.717, 1.165) is 25.9 Å². The van der Waals surface area contributed by atoms with Gasteiger partial charge in [-0.05, 0) is 24.2 Å². The second kappa shape index (κ2) is 5.93. The molecule has 1 N–H and O–H groups in total. The quantitative estimate of drug-likeness (QED) is 0.857. The highest BCUT2D eigenvalue weighted by Crippen LogP contribution is 2.34. The van der Waals surface area contributed by atoms with Crippen LogP contribution in [-0.2, 0) is 9.59 Å². The monoisotopic (exact) mass is 269 g/mol. The first kappa shape index (κ1) is 16.0. The van der Waals surface area contributed by atoms with Crippen LogP contribution in [0.3, 0.4) is 0 Å². The van der Waals surface area contributed by atoms with Gasteiger partial charge in [-0.1, -0.05) is 34.6 Å². The van der Waals surface area contributed by atoms with Crippen molar-refractivity contribution in [3.63, 3.8) is 0 Å². The minimum atomic E-state index is -0.898. The number of carboxylic acids is 1. The van der Waals surface area contributed by atoms with Crippen molar-refractivity contribution in [3.05, 3.63) is 0 Å². The Kier molecular flexibility index (Phi) is 4.99. The van der Waals surface area contributed by atoms with Crippen LogP contribution in [0, 0.1) is 23.2 Å². The number of aliphatic carboxylic acids is 1. The summed E-state index contributed by atoms with van der Waals surface area (Å²) in [7, 11) is 0. The van der Waals surface area contributed by atoms with Crippen LogP contribution in [0.15, 0.2) is 0 Å². The van der Waals surface area contributed by atoms with Gasteiger partial charge in [0.05, 0.1) is 5.92 Å². The van der Waals surface area contributed by atoms with Crippen LogP contribution in [0.5, 0.6) is 0 Å². The molecule has 0 aromatic rings. The fourth-order valence-electron chi connectivity index (χ4n) is 2.68. The number of carbonyl (C=O) groups is 2. The van der Waals surface area contributed by atoms with Crippen molar-refractivity contribution in [1.82, 2.24) is 4.90 Å². The molecular formula is C15H27NO3. The Morgan fingerprint density at radius 3 is 1.95 bits per heavy atom. The molecule has 0 spiro atoms. The normalized spacial score (nSPS) is 21.0. The van der Waals surface area contributed by atoms with Crippen molar-refractivity contribution in [3.8, 4) is 0 Å². The van der Waals surface area contributed by atoms with Crippen molar-refractivity contribution in [1.29, 1.82) is 0 Å². The van der Waals surface area contributed by atoms with Crippen molar-refractivity contribution in [2.45, 2.75) is 47.5 Å². The Labute approximate surface area is 116 Å². The average molecular weight is 269 g/mol. The predicted octanol–water partition coefficient (Wildman–Crippen LogP) is 2.63. The maximum atomic E-state index is 12.3. The van der Waals surface area contributed by atoms with Crippen LogP contribution in [0.4, 0.5) is 0 Å². The van der Waals surface area contributed by atoms with Crippen LogP contribution in [0.25, 0.3) is 0 Å². The maximum absolute atomic E-state index is 12.3. The number of amides is 1. The van der Waals surface area contributed by atoms with Gasteiger partial charge >= 0.3 is 5.97 Å². The zero-order valence-electron chi connectivity index (χ0n) is 12.8. The lowest BCUT2D eigenvalue weighted by Gasteiger charge is -2.39. The Bertz CT molecular complexity index is 338. The molecule has 19 heavy (non-hydrogen) atoms. The van der Waals surface area contributed by atoms with E-state index in [0.29, 0.717) is 5.92 Å². The van der Waals surface area contributed by atoms with E-state index in [1.165, 1.54) is 0 Å². The molecule has 1 heterocycles. The zero-order valence-corrected chi connectivity index (χ0v) is 12.8. The molecule has 0 aromatic heterocycles. The van der Waals surface area contributed by atoms with Gasteiger partial charge in [0, 0.05) is 19.0 Å². The third-order valence-electron chi connectivity index (χ3n) is 4.56. The maximum Gasteiger partial charge on any atom is 0.307 e. The van der Waals surface area contributed by atoms with Crippen LogP contribution >= 0.6 is 0 Å². The molecule has 0 aromatic carbocycles. The lowest BCUT2D eigenvalue weighted by atomic mass is 9.75. The number of hydrogen-bond donors (Lipinski definition) is 1. The van der Waals surface area contributed by atoms with Crippen molar-refractivity contribution in [2.24, 2.45) is 23.2 Å². The first-order valence-electron chi connectivity index (χ1n) is 7.16. The van der Waals surface area contributed by atoms with E-state index in [1.807, 2.05) is 4.90 Å². The molecule has 4 nitrogen and oxygen atoms in total. The fraction of sp³-hybridized carbons (Fsp3) is 0.867. The zero-order chi connectivity index (χ0) is 14.8. The number of likely N-dealkylation sites (tertiary alicyclic amines) is 1.